The molecule has 2 heterocycles. The maximum Gasteiger partial charge on any atom is 0.124 e. The van der Waals surface area contributed by atoms with Crippen LogP contribution in [0.15, 0.2) is 60.9 Å². The quantitative estimate of drug-likeness (QED) is 0.318. The number of aromatic nitrogens is 4. The highest BCUT2D eigenvalue weighted by Crippen LogP contribution is 2.52. The minimum atomic E-state index is -0.0215. The van der Waals surface area contributed by atoms with Gasteiger partial charge in [0.05, 0.1) is 29.8 Å². The van der Waals surface area contributed by atoms with E-state index in [1.165, 1.54) is 42.4 Å². The molecular formula is C28H31N5. The van der Waals surface area contributed by atoms with Crippen molar-refractivity contribution in [1.82, 2.24) is 19.9 Å². The van der Waals surface area contributed by atoms with Crippen molar-refractivity contribution in [2.24, 2.45) is 16.6 Å². The molecule has 0 spiro atoms. The Morgan fingerprint density at radius 1 is 0.758 bits per heavy atom. The van der Waals surface area contributed by atoms with Crippen molar-refractivity contribution in [3.8, 4) is 33.6 Å². The second-order valence-electron chi connectivity index (χ2n) is 10.7. The third kappa shape index (κ3) is 4.02. The highest BCUT2D eigenvalue weighted by atomic mass is 15.0. The first kappa shape index (κ1) is 20.4. The highest BCUT2D eigenvalue weighted by Gasteiger charge is 2.45. The van der Waals surface area contributed by atoms with E-state index >= 15 is 0 Å². The van der Waals surface area contributed by atoms with E-state index in [9.17, 15) is 0 Å². The van der Waals surface area contributed by atoms with Crippen molar-refractivity contribution in [2.45, 2.75) is 52.0 Å². The number of aromatic amines is 2. The lowest BCUT2D eigenvalue weighted by Gasteiger charge is -2.15. The zero-order valence-electron chi connectivity index (χ0n) is 19.4. The average molecular weight is 438 g/mol. The van der Waals surface area contributed by atoms with Gasteiger partial charge in [-0.15, -0.1) is 0 Å². The largest absolute Gasteiger partial charge is 0.342 e. The molecule has 5 heteroatoms. The molecule has 0 saturated heterocycles. The normalized spacial score (nSPS) is 18.8. The Hall–Kier alpha value is -3.18. The van der Waals surface area contributed by atoms with Gasteiger partial charge >= 0.3 is 0 Å². The number of hydrogen-bond acceptors (Lipinski definition) is 3. The van der Waals surface area contributed by atoms with Gasteiger partial charge < -0.3 is 15.7 Å². The molecule has 33 heavy (non-hydrogen) atoms. The fourth-order valence-electron chi connectivity index (χ4n) is 4.56. The van der Waals surface area contributed by atoms with Gasteiger partial charge in [0.15, 0.2) is 0 Å². The van der Waals surface area contributed by atoms with E-state index in [0.29, 0.717) is 5.41 Å². The first-order chi connectivity index (χ1) is 15.9. The van der Waals surface area contributed by atoms with Gasteiger partial charge in [-0.1, -0.05) is 62.4 Å². The van der Waals surface area contributed by atoms with Crippen LogP contribution >= 0.6 is 0 Å². The Bertz CT molecular complexity index is 1270. The SMILES string of the molecule is CC1(Cc2ncc(-c3ccc(-c4ccc(-c5cnc(C(N)C6(C)CC6)[nH]5)cc4)cc3)[nH]2)CC1. The van der Waals surface area contributed by atoms with E-state index in [1.54, 1.807) is 0 Å². The third-order valence-electron chi connectivity index (χ3n) is 7.73. The van der Waals surface area contributed by atoms with Crippen molar-refractivity contribution in [3.05, 3.63) is 72.6 Å². The summed E-state index contributed by atoms with van der Waals surface area (Å²) in [5.74, 6) is 1.98. The van der Waals surface area contributed by atoms with E-state index in [0.717, 1.165) is 35.0 Å². The van der Waals surface area contributed by atoms with Crippen LogP contribution < -0.4 is 5.73 Å². The first-order valence-electron chi connectivity index (χ1n) is 12.0. The lowest BCUT2D eigenvalue weighted by molar-refractivity contribution is 0.434. The summed E-state index contributed by atoms with van der Waals surface area (Å²) in [7, 11) is 0. The minimum absolute atomic E-state index is 0.0215. The summed E-state index contributed by atoms with van der Waals surface area (Å²) in [6.45, 7) is 4.57. The molecule has 168 valence electrons. The number of H-pyrrole nitrogens is 2. The molecule has 2 aliphatic carbocycles. The standard InChI is InChI=1S/C28H31N5/c1-27(11-12-27)15-24-30-16-22(32-24)20-7-3-18(4-8-20)19-5-9-21(10-6-19)23-17-31-26(33-23)25(29)28(2)13-14-28/h3-10,16-17,25H,11-15,29H2,1-2H3,(H,30,32)(H,31,33). The number of rotatable bonds is 7. The summed E-state index contributed by atoms with van der Waals surface area (Å²) >= 11 is 0. The Morgan fingerprint density at radius 2 is 1.27 bits per heavy atom. The molecule has 0 amide bonds. The lowest BCUT2D eigenvalue weighted by Crippen LogP contribution is -2.21. The molecule has 0 aliphatic heterocycles. The molecule has 4 N–H and O–H groups in total. The molecule has 2 fully saturated rings. The summed E-state index contributed by atoms with van der Waals surface area (Å²) in [6, 6.07) is 17.3. The number of hydrogen-bond donors (Lipinski definition) is 3. The average Bonchev–Trinajstić information content (AvgIpc) is 3.60. The predicted octanol–water partition coefficient (Wildman–Crippen LogP) is 6.28. The van der Waals surface area contributed by atoms with Crippen LogP contribution in [-0.4, -0.2) is 19.9 Å². The summed E-state index contributed by atoms with van der Waals surface area (Å²) < 4.78 is 0. The van der Waals surface area contributed by atoms with E-state index < -0.39 is 0 Å². The molecule has 0 radical (unpaired) electrons. The van der Waals surface area contributed by atoms with Crippen molar-refractivity contribution in [3.63, 3.8) is 0 Å². The molecule has 4 aromatic rings. The maximum absolute atomic E-state index is 6.41. The molecule has 2 aromatic heterocycles. The number of imidazole rings is 2. The van der Waals surface area contributed by atoms with Crippen LogP contribution in [0.25, 0.3) is 33.6 Å². The Kier molecular flexibility index (Phi) is 4.59. The molecule has 6 rings (SSSR count). The van der Waals surface area contributed by atoms with Crippen LogP contribution in [-0.2, 0) is 6.42 Å². The van der Waals surface area contributed by atoms with Crippen LogP contribution in [0.5, 0.6) is 0 Å². The van der Waals surface area contributed by atoms with Crippen LogP contribution in [0, 0.1) is 10.8 Å². The zero-order valence-corrected chi connectivity index (χ0v) is 19.4. The topological polar surface area (TPSA) is 83.4 Å². The Labute approximate surface area is 194 Å². The second-order valence-corrected chi connectivity index (χ2v) is 10.7. The molecule has 0 bridgehead atoms. The number of nitrogens with one attached hydrogen (secondary N) is 2. The monoisotopic (exact) mass is 437 g/mol. The maximum atomic E-state index is 6.41. The van der Waals surface area contributed by atoms with Crippen LogP contribution in [0.1, 0.15) is 57.2 Å². The summed E-state index contributed by atoms with van der Waals surface area (Å²) in [5.41, 5.74) is 13.9. The van der Waals surface area contributed by atoms with Gasteiger partial charge in [-0.2, -0.15) is 0 Å². The van der Waals surface area contributed by atoms with Crippen LogP contribution in [0.3, 0.4) is 0 Å². The van der Waals surface area contributed by atoms with Gasteiger partial charge in [0.2, 0.25) is 0 Å². The van der Waals surface area contributed by atoms with Gasteiger partial charge in [0, 0.05) is 6.42 Å². The van der Waals surface area contributed by atoms with Gasteiger partial charge in [-0.25, -0.2) is 9.97 Å². The van der Waals surface area contributed by atoms with Crippen molar-refractivity contribution in [1.29, 1.82) is 0 Å². The highest BCUT2D eigenvalue weighted by molar-refractivity contribution is 5.71. The first-order valence-corrected chi connectivity index (χ1v) is 12.0. The van der Waals surface area contributed by atoms with Crippen molar-refractivity contribution < 1.29 is 0 Å². The Balaban J connectivity index is 1.16. The molecule has 2 aromatic carbocycles. The van der Waals surface area contributed by atoms with Crippen LogP contribution in [0.2, 0.25) is 0 Å². The fraction of sp³-hybridized carbons (Fsp3) is 0.357. The second kappa shape index (κ2) is 7.42. The van der Waals surface area contributed by atoms with E-state index in [-0.39, 0.29) is 11.5 Å². The number of benzene rings is 2. The van der Waals surface area contributed by atoms with Gasteiger partial charge in [-0.05, 0) is 58.8 Å². The minimum Gasteiger partial charge on any atom is -0.342 e. The van der Waals surface area contributed by atoms with E-state index in [1.807, 2.05) is 12.4 Å². The third-order valence-corrected chi connectivity index (χ3v) is 7.73. The molecule has 2 aliphatic rings. The van der Waals surface area contributed by atoms with E-state index in [4.69, 9.17) is 5.73 Å². The van der Waals surface area contributed by atoms with Gasteiger partial charge in [-0.3, -0.25) is 0 Å². The fourth-order valence-corrected chi connectivity index (χ4v) is 4.56. The molecule has 5 nitrogen and oxygen atoms in total. The molecular weight excluding hydrogens is 406 g/mol. The summed E-state index contributed by atoms with van der Waals surface area (Å²) in [4.78, 5) is 16.1. The van der Waals surface area contributed by atoms with Crippen molar-refractivity contribution >= 4 is 0 Å². The van der Waals surface area contributed by atoms with Gasteiger partial charge in [0.1, 0.15) is 11.6 Å². The Morgan fingerprint density at radius 3 is 1.82 bits per heavy atom. The van der Waals surface area contributed by atoms with Crippen molar-refractivity contribution in [2.75, 3.05) is 0 Å². The van der Waals surface area contributed by atoms with Gasteiger partial charge in [0.25, 0.3) is 0 Å². The smallest absolute Gasteiger partial charge is 0.124 e. The number of nitrogens with two attached hydrogens (primary N) is 1. The molecule has 1 atom stereocenters. The lowest BCUT2D eigenvalue weighted by atomic mass is 9.99. The predicted molar refractivity (Wildman–Crippen MR) is 132 cm³/mol. The molecule has 2 saturated carbocycles. The van der Waals surface area contributed by atoms with Crippen LogP contribution in [0.4, 0.5) is 0 Å². The summed E-state index contributed by atoms with van der Waals surface area (Å²) in [6.07, 6.45) is 9.87. The number of nitrogens with zero attached hydrogens (tertiary/aromatic N) is 2. The summed E-state index contributed by atoms with van der Waals surface area (Å²) in [5, 5.41) is 0. The zero-order chi connectivity index (χ0) is 22.6. The van der Waals surface area contributed by atoms with E-state index in [2.05, 4.69) is 82.3 Å². The molecule has 1 unspecified atom stereocenters.